The van der Waals surface area contributed by atoms with Crippen molar-refractivity contribution in [2.45, 2.75) is 6.42 Å². The molecule has 268 valence electrons. The molecular formula is C33H44N4O10S2. The second-order valence-corrected chi connectivity index (χ2v) is 13.6. The van der Waals surface area contributed by atoms with Gasteiger partial charge in [-0.05, 0) is 55.0 Å². The Morgan fingerprint density at radius 2 is 0.857 bits per heavy atom. The number of aromatic nitrogens is 2. The van der Waals surface area contributed by atoms with E-state index in [2.05, 4.69) is 46.0 Å². The number of anilines is 2. The van der Waals surface area contributed by atoms with E-state index in [9.17, 15) is 16.8 Å². The smallest absolute Gasteiger partial charge is 0.261 e. The van der Waals surface area contributed by atoms with Crippen LogP contribution in [-0.4, -0.2) is 104 Å². The normalized spacial score (nSPS) is 10.8. The van der Waals surface area contributed by atoms with Gasteiger partial charge in [0.05, 0.1) is 76.1 Å². The molecule has 49 heavy (non-hydrogen) atoms. The van der Waals surface area contributed by atoms with Gasteiger partial charge in [-0.15, -0.1) is 0 Å². The van der Waals surface area contributed by atoms with Crippen molar-refractivity contribution in [2.24, 2.45) is 0 Å². The van der Waals surface area contributed by atoms with Crippen molar-refractivity contribution >= 4 is 31.6 Å². The lowest BCUT2D eigenvalue weighted by Crippen LogP contribution is -2.25. The topological polar surface area (TPSA) is 178 Å². The Morgan fingerprint density at radius 1 is 0.571 bits per heavy atom. The highest BCUT2D eigenvalue weighted by atomic mass is 32.2. The van der Waals surface area contributed by atoms with Crippen LogP contribution in [0.1, 0.15) is 6.42 Å². The lowest BCUT2D eigenvalue weighted by molar-refractivity contribution is 0.394. The molecule has 4 rings (SSSR count). The Hall–Kier alpha value is -4.64. The van der Waals surface area contributed by atoms with Crippen molar-refractivity contribution in [2.75, 3.05) is 77.9 Å². The predicted molar refractivity (Wildman–Crippen MR) is 192 cm³/mol. The molecule has 0 radical (unpaired) electrons. The van der Waals surface area contributed by atoms with Crippen LogP contribution in [0.25, 0.3) is 22.5 Å². The summed E-state index contributed by atoms with van der Waals surface area (Å²) in [5.41, 5.74) is 5.77. The fourth-order valence-corrected chi connectivity index (χ4v) is 4.28. The van der Waals surface area contributed by atoms with E-state index in [0.717, 1.165) is 76.4 Å². The van der Waals surface area contributed by atoms with Crippen molar-refractivity contribution in [1.82, 2.24) is 9.97 Å². The highest BCUT2D eigenvalue weighted by molar-refractivity contribution is 7.85. The first kappa shape index (κ1) is 40.5. The quantitative estimate of drug-likeness (QED) is 0.190. The summed E-state index contributed by atoms with van der Waals surface area (Å²) in [5.74, 6) is 2.95. The maximum atomic E-state index is 9.19. The second kappa shape index (κ2) is 18.8. The summed E-state index contributed by atoms with van der Waals surface area (Å²) in [6.45, 7) is 1.79. The van der Waals surface area contributed by atoms with E-state index in [-0.39, 0.29) is 0 Å². The minimum Gasteiger partial charge on any atom is -0.497 e. The van der Waals surface area contributed by atoms with E-state index in [1.807, 2.05) is 60.9 Å². The molecule has 2 aromatic heterocycles. The number of pyridine rings is 2. The molecule has 0 amide bonds. The standard InChI is InChI=1S/C31H36N4O4.2CH4O3S/c1-34(24-8-10-30(32-20-24)22-14-26(36-3)18-27(15-22)37-4)12-7-13-35(2)25-9-11-31(33-21-25)23-16-28(38-5)19-29(17-23)39-6;2*1-5(2,3)4/h8-11,14-21H,7,12-13H2,1-6H3;2*1H3,(H,2,3,4). The second-order valence-electron chi connectivity index (χ2n) is 10.7. The first-order valence-electron chi connectivity index (χ1n) is 14.6. The molecular weight excluding hydrogens is 677 g/mol. The van der Waals surface area contributed by atoms with E-state index < -0.39 is 20.2 Å². The third-order valence-corrected chi connectivity index (χ3v) is 6.66. The number of ether oxygens (including phenoxy) is 4. The molecule has 0 saturated heterocycles. The molecule has 2 heterocycles. The zero-order valence-corrected chi connectivity index (χ0v) is 30.4. The Labute approximate surface area is 288 Å². The van der Waals surface area contributed by atoms with Crippen molar-refractivity contribution in [3.63, 3.8) is 0 Å². The van der Waals surface area contributed by atoms with E-state index in [1.165, 1.54) is 0 Å². The number of hydrogen-bond acceptors (Lipinski definition) is 12. The molecule has 0 aliphatic rings. The maximum Gasteiger partial charge on any atom is 0.261 e. The summed E-state index contributed by atoms with van der Waals surface area (Å²) < 4.78 is 73.3. The molecule has 0 aliphatic heterocycles. The minimum atomic E-state index is -3.67. The first-order valence-corrected chi connectivity index (χ1v) is 18.3. The zero-order valence-electron chi connectivity index (χ0n) is 28.8. The van der Waals surface area contributed by atoms with Gasteiger partial charge in [0.2, 0.25) is 0 Å². The summed E-state index contributed by atoms with van der Waals surface area (Å²) in [5, 5.41) is 0. The fourth-order valence-electron chi connectivity index (χ4n) is 4.28. The van der Waals surface area contributed by atoms with E-state index in [0.29, 0.717) is 12.5 Å². The molecule has 2 N–H and O–H groups in total. The van der Waals surface area contributed by atoms with E-state index in [1.54, 1.807) is 28.4 Å². The van der Waals surface area contributed by atoms with Gasteiger partial charge >= 0.3 is 0 Å². The van der Waals surface area contributed by atoms with Crippen LogP contribution in [0.2, 0.25) is 0 Å². The monoisotopic (exact) mass is 720 g/mol. The predicted octanol–water partition coefficient (Wildman–Crippen LogP) is 4.82. The Balaban J connectivity index is 0.000000730. The summed E-state index contributed by atoms with van der Waals surface area (Å²) in [6.07, 6.45) is 6.22. The van der Waals surface area contributed by atoms with Gasteiger partial charge in [-0.1, -0.05) is 0 Å². The van der Waals surface area contributed by atoms with Crippen LogP contribution in [0.4, 0.5) is 11.4 Å². The summed E-state index contributed by atoms with van der Waals surface area (Å²) in [6, 6.07) is 19.8. The lowest BCUT2D eigenvalue weighted by Gasteiger charge is -2.23. The van der Waals surface area contributed by atoms with Crippen LogP contribution in [0.5, 0.6) is 23.0 Å². The Bertz CT molecular complexity index is 1640. The number of hydrogen-bond donors (Lipinski definition) is 2. The van der Waals surface area contributed by atoms with Gasteiger partial charge in [0.1, 0.15) is 23.0 Å². The van der Waals surface area contributed by atoms with Crippen molar-refractivity contribution in [3.05, 3.63) is 73.1 Å². The lowest BCUT2D eigenvalue weighted by atomic mass is 10.1. The van der Waals surface area contributed by atoms with Crippen LogP contribution in [-0.2, 0) is 20.2 Å². The highest BCUT2D eigenvalue weighted by Gasteiger charge is 2.10. The average Bonchev–Trinajstić information content (AvgIpc) is 3.06. The molecule has 4 aromatic rings. The van der Waals surface area contributed by atoms with Crippen molar-refractivity contribution in [1.29, 1.82) is 0 Å². The Kier molecular flexibility index (Phi) is 15.5. The van der Waals surface area contributed by atoms with Gasteiger partial charge in [-0.2, -0.15) is 16.8 Å². The number of benzene rings is 2. The van der Waals surface area contributed by atoms with Gasteiger partial charge in [0.15, 0.2) is 0 Å². The van der Waals surface area contributed by atoms with Gasteiger partial charge in [0.25, 0.3) is 20.2 Å². The number of nitrogens with zero attached hydrogens (tertiary/aromatic N) is 4. The summed E-state index contributed by atoms with van der Waals surface area (Å²) >= 11 is 0. The molecule has 0 fully saturated rings. The highest BCUT2D eigenvalue weighted by Crippen LogP contribution is 2.31. The van der Waals surface area contributed by atoms with E-state index in [4.69, 9.17) is 28.1 Å². The fraction of sp³-hybridized carbons (Fsp3) is 0.333. The maximum absolute atomic E-state index is 9.19. The molecule has 0 atom stereocenters. The molecule has 14 nitrogen and oxygen atoms in total. The van der Waals surface area contributed by atoms with Crippen LogP contribution >= 0.6 is 0 Å². The summed E-state index contributed by atoms with van der Waals surface area (Å²) in [4.78, 5) is 13.8. The SMILES string of the molecule is COc1cc(OC)cc(-c2ccc(N(C)CCCN(C)c3ccc(-c4cc(OC)cc(OC)c4)nc3)cn2)c1.CS(=O)(=O)O.CS(=O)(=O)O. The van der Waals surface area contributed by atoms with Gasteiger partial charge in [-0.3, -0.25) is 19.1 Å². The van der Waals surface area contributed by atoms with Gasteiger partial charge < -0.3 is 28.7 Å². The zero-order chi connectivity index (χ0) is 36.8. The van der Waals surface area contributed by atoms with Crippen LogP contribution in [0.3, 0.4) is 0 Å². The average molecular weight is 721 g/mol. The van der Waals surface area contributed by atoms with Crippen molar-refractivity contribution in [3.8, 4) is 45.5 Å². The van der Waals surface area contributed by atoms with Gasteiger partial charge in [-0.25, -0.2) is 0 Å². The molecule has 2 aromatic carbocycles. The third kappa shape index (κ3) is 15.4. The molecule has 0 saturated carbocycles. The van der Waals surface area contributed by atoms with Crippen LogP contribution in [0.15, 0.2) is 73.1 Å². The van der Waals surface area contributed by atoms with E-state index >= 15 is 0 Å². The van der Waals surface area contributed by atoms with Gasteiger partial charge in [0, 0.05) is 50.4 Å². The molecule has 0 bridgehead atoms. The third-order valence-electron chi connectivity index (χ3n) is 6.66. The molecule has 0 unspecified atom stereocenters. The first-order chi connectivity index (χ1) is 22.9. The summed E-state index contributed by atoms with van der Waals surface area (Å²) in [7, 11) is 3.42. The molecule has 16 heteroatoms. The molecule has 0 spiro atoms. The molecule has 0 aliphatic carbocycles. The largest absolute Gasteiger partial charge is 0.497 e. The van der Waals surface area contributed by atoms with Crippen LogP contribution < -0.4 is 28.7 Å². The number of rotatable bonds is 12. The van der Waals surface area contributed by atoms with Crippen molar-refractivity contribution < 1.29 is 44.9 Å². The van der Waals surface area contributed by atoms with Crippen LogP contribution in [0, 0.1) is 0 Å². The number of methoxy groups -OCH3 is 4. The Morgan fingerprint density at radius 3 is 1.08 bits per heavy atom. The minimum absolute atomic E-state index is 0.715.